The van der Waals surface area contributed by atoms with E-state index in [1.807, 2.05) is 11.8 Å². The second kappa shape index (κ2) is 5.06. The zero-order valence-corrected chi connectivity index (χ0v) is 11.5. The van der Waals surface area contributed by atoms with Gasteiger partial charge in [-0.05, 0) is 19.3 Å². The van der Waals surface area contributed by atoms with Gasteiger partial charge in [0.2, 0.25) is 5.91 Å². The average molecular weight is 258 g/mol. The fourth-order valence-corrected chi connectivity index (χ4v) is 3.19. The van der Waals surface area contributed by atoms with Crippen LogP contribution in [0.15, 0.2) is 0 Å². The summed E-state index contributed by atoms with van der Waals surface area (Å²) in [5.74, 6) is 0.268. The molecule has 5 heteroatoms. The van der Waals surface area contributed by atoms with Crippen LogP contribution >= 0.6 is 0 Å². The van der Waals surface area contributed by atoms with Gasteiger partial charge in [0.1, 0.15) is 0 Å². The number of nitrogens with one attached hydrogen (secondary N) is 1. The predicted molar refractivity (Wildman–Crippen MR) is 69.1 cm³/mol. The van der Waals surface area contributed by atoms with Crippen molar-refractivity contribution in [3.63, 3.8) is 0 Å². The molecule has 1 N–H and O–H groups in total. The van der Waals surface area contributed by atoms with E-state index in [2.05, 4.69) is 5.32 Å². The highest BCUT2D eigenvalue weighted by Gasteiger charge is 2.47. The smallest absolute Gasteiger partial charge is 0.243 e. The van der Waals surface area contributed by atoms with Gasteiger partial charge in [-0.3, -0.25) is 14.3 Å². The maximum absolute atomic E-state index is 12.3. The summed E-state index contributed by atoms with van der Waals surface area (Å²) in [6.07, 6.45) is 6.83. The monoisotopic (exact) mass is 258 g/mol. The van der Waals surface area contributed by atoms with E-state index < -0.39 is 10.8 Å². The quantitative estimate of drug-likeness (QED) is 0.813. The topological polar surface area (TPSA) is 49.4 Å². The summed E-state index contributed by atoms with van der Waals surface area (Å²) in [6.45, 7) is 3.38. The minimum Gasteiger partial charge on any atom is -0.328 e. The first-order valence-corrected chi connectivity index (χ1v) is 8.04. The van der Waals surface area contributed by atoms with E-state index in [1.54, 1.807) is 6.26 Å². The van der Waals surface area contributed by atoms with E-state index in [-0.39, 0.29) is 16.7 Å². The molecule has 4 nitrogen and oxygen atoms in total. The molecule has 17 heavy (non-hydrogen) atoms. The van der Waals surface area contributed by atoms with Crippen molar-refractivity contribution in [1.29, 1.82) is 0 Å². The van der Waals surface area contributed by atoms with Crippen LogP contribution in [0.3, 0.4) is 0 Å². The van der Waals surface area contributed by atoms with Crippen LogP contribution in [0.4, 0.5) is 0 Å². The van der Waals surface area contributed by atoms with Gasteiger partial charge in [-0.1, -0.05) is 19.8 Å². The molecule has 2 fully saturated rings. The van der Waals surface area contributed by atoms with Crippen molar-refractivity contribution in [2.45, 2.75) is 49.8 Å². The Hall–Kier alpha value is -0.420. The van der Waals surface area contributed by atoms with Gasteiger partial charge < -0.3 is 4.90 Å². The Kier molecular flexibility index (Phi) is 3.88. The molecule has 0 bridgehead atoms. The van der Waals surface area contributed by atoms with Crippen LogP contribution in [0.25, 0.3) is 0 Å². The minimum atomic E-state index is -0.790. The largest absolute Gasteiger partial charge is 0.328 e. The Balaban J connectivity index is 1.88. The van der Waals surface area contributed by atoms with Crippen LogP contribution < -0.4 is 5.32 Å². The number of carbonyl (C=O) groups is 1. The van der Waals surface area contributed by atoms with Gasteiger partial charge in [-0.2, -0.15) is 0 Å². The maximum atomic E-state index is 12.3. The van der Waals surface area contributed by atoms with Gasteiger partial charge in [-0.25, -0.2) is 0 Å². The van der Waals surface area contributed by atoms with Crippen LogP contribution in [0, 0.1) is 0 Å². The molecule has 1 heterocycles. The lowest BCUT2D eigenvalue weighted by atomic mass is 9.98. The van der Waals surface area contributed by atoms with Crippen molar-refractivity contribution in [3.8, 4) is 0 Å². The van der Waals surface area contributed by atoms with Gasteiger partial charge in [0.05, 0.1) is 12.2 Å². The SMILES string of the molecule is CC(CCN1CNC2(CCCC2)C1=O)S(C)=O. The Morgan fingerprint density at radius 2 is 2.12 bits per heavy atom. The lowest BCUT2D eigenvalue weighted by Crippen LogP contribution is -2.44. The zero-order valence-electron chi connectivity index (χ0n) is 10.7. The fraction of sp³-hybridized carbons (Fsp3) is 0.917. The summed E-state index contributed by atoms with van der Waals surface area (Å²) in [6, 6.07) is 0. The summed E-state index contributed by atoms with van der Waals surface area (Å²) in [5.41, 5.74) is -0.241. The molecule has 2 unspecified atom stereocenters. The number of rotatable bonds is 4. The summed E-state index contributed by atoms with van der Waals surface area (Å²) in [5, 5.41) is 3.55. The molecule has 1 aliphatic carbocycles. The lowest BCUT2D eigenvalue weighted by Gasteiger charge is -2.22. The molecule has 0 radical (unpaired) electrons. The van der Waals surface area contributed by atoms with Crippen molar-refractivity contribution in [3.05, 3.63) is 0 Å². The molecule has 1 amide bonds. The van der Waals surface area contributed by atoms with Crippen molar-refractivity contribution in [2.24, 2.45) is 0 Å². The molecule has 1 spiro atoms. The lowest BCUT2D eigenvalue weighted by molar-refractivity contribution is -0.132. The maximum Gasteiger partial charge on any atom is 0.243 e. The van der Waals surface area contributed by atoms with E-state index in [1.165, 1.54) is 0 Å². The molecule has 1 saturated carbocycles. The Bertz CT molecular complexity index is 326. The number of amides is 1. The molecule has 0 aromatic heterocycles. The van der Waals surface area contributed by atoms with Gasteiger partial charge in [0.15, 0.2) is 0 Å². The van der Waals surface area contributed by atoms with Crippen molar-refractivity contribution in [2.75, 3.05) is 19.5 Å². The first-order valence-electron chi connectivity index (χ1n) is 6.42. The molecular formula is C12H22N2O2S. The summed E-state index contributed by atoms with van der Waals surface area (Å²) in [4.78, 5) is 14.2. The molecule has 0 aromatic rings. The van der Waals surface area contributed by atoms with Crippen LogP contribution in [0.1, 0.15) is 39.0 Å². The van der Waals surface area contributed by atoms with Crippen LogP contribution in [0.2, 0.25) is 0 Å². The zero-order chi connectivity index (χ0) is 12.5. The van der Waals surface area contributed by atoms with Gasteiger partial charge in [0.25, 0.3) is 0 Å². The highest BCUT2D eigenvalue weighted by atomic mass is 32.2. The molecule has 2 rings (SSSR count). The normalized spacial score (nSPS) is 26.7. The number of hydrogen-bond donors (Lipinski definition) is 1. The third-order valence-corrected chi connectivity index (χ3v) is 5.50. The molecular weight excluding hydrogens is 236 g/mol. The molecule has 1 saturated heterocycles. The first-order chi connectivity index (χ1) is 8.05. The Morgan fingerprint density at radius 1 is 1.47 bits per heavy atom. The second-order valence-electron chi connectivity index (χ2n) is 5.29. The van der Waals surface area contributed by atoms with Gasteiger partial charge in [0, 0.05) is 28.9 Å². The molecule has 2 aliphatic rings. The van der Waals surface area contributed by atoms with E-state index in [9.17, 15) is 9.00 Å². The average Bonchev–Trinajstić information content (AvgIpc) is 2.88. The van der Waals surface area contributed by atoms with Crippen LogP contribution in [0.5, 0.6) is 0 Å². The Labute approximate surface area is 106 Å². The van der Waals surface area contributed by atoms with E-state index >= 15 is 0 Å². The second-order valence-corrected chi connectivity index (χ2v) is 7.09. The van der Waals surface area contributed by atoms with Crippen molar-refractivity contribution in [1.82, 2.24) is 10.2 Å². The number of nitrogens with zero attached hydrogens (tertiary/aromatic N) is 1. The van der Waals surface area contributed by atoms with Crippen LogP contribution in [-0.4, -0.2) is 45.3 Å². The Morgan fingerprint density at radius 3 is 2.71 bits per heavy atom. The van der Waals surface area contributed by atoms with Crippen molar-refractivity contribution >= 4 is 16.7 Å². The van der Waals surface area contributed by atoms with Crippen LogP contribution in [-0.2, 0) is 15.6 Å². The summed E-state index contributed by atoms with van der Waals surface area (Å²) in [7, 11) is -0.790. The van der Waals surface area contributed by atoms with Gasteiger partial charge in [-0.15, -0.1) is 0 Å². The predicted octanol–water partition coefficient (Wildman–Crippen LogP) is 0.846. The van der Waals surface area contributed by atoms with E-state index in [0.717, 1.165) is 38.6 Å². The van der Waals surface area contributed by atoms with E-state index in [4.69, 9.17) is 0 Å². The molecule has 0 aromatic carbocycles. The summed E-state index contributed by atoms with van der Waals surface area (Å²) < 4.78 is 11.3. The van der Waals surface area contributed by atoms with Crippen molar-refractivity contribution < 1.29 is 9.00 Å². The molecule has 2 atom stereocenters. The highest BCUT2D eigenvalue weighted by Crippen LogP contribution is 2.34. The highest BCUT2D eigenvalue weighted by molar-refractivity contribution is 7.84. The standard InChI is InChI=1S/C12H22N2O2S/c1-10(17(2)16)5-8-14-9-13-12(11(14)15)6-3-4-7-12/h10,13H,3-9H2,1-2H3. The molecule has 1 aliphatic heterocycles. The third kappa shape index (κ3) is 2.55. The molecule has 98 valence electrons. The summed E-state index contributed by atoms with van der Waals surface area (Å²) >= 11 is 0. The van der Waals surface area contributed by atoms with Gasteiger partial charge >= 0.3 is 0 Å². The first kappa shape index (κ1) is 13.0. The van der Waals surface area contributed by atoms with E-state index in [0.29, 0.717) is 6.67 Å². The minimum absolute atomic E-state index is 0.169. The third-order valence-electron chi connectivity index (χ3n) is 4.13. The number of carbonyl (C=O) groups excluding carboxylic acids is 1. The number of hydrogen-bond acceptors (Lipinski definition) is 3. The fourth-order valence-electron chi connectivity index (χ4n) is 2.75.